The van der Waals surface area contributed by atoms with Gasteiger partial charge in [-0.1, -0.05) is 13.3 Å². The number of aromatic nitrogens is 3. The fraction of sp³-hybridized carbons (Fsp3) is 0.850. The molecule has 2 aliphatic heterocycles. The smallest absolute Gasteiger partial charge is 0.227 e. The first-order chi connectivity index (χ1) is 14.4. The fourth-order valence-corrected chi connectivity index (χ4v) is 6.39. The molecule has 3 fully saturated rings. The predicted octanol–water partition coefficient (Wildman–Crippen LogP) is 1.67. The standard InChI is InChI=1S/C20H34N6O3S/c1-3-24(30(2,28)29)12-6-14-26-19(16-10-11-18(27)21-16)22-23-20(26)25-13-5-8-15-7-4-9-17(15)25/h15-17H,3-14H2,1-2H3,(H,21,27). The van der Waals surface area contributed by atoms with Gasteiger partial charge in [0, 0.05) is 38.6 Å². The zero-order valence-corrected chi connectivity index (χ0v) is 18.9. The minimum absolute atomic E-state index is 0.0548. The second kappa shape index (κ2) is 8.82. The summed E-state index contributed by atoms with van der Waals surface area (Å²) in [4.78, 5) is 14.2. The lowest BCUT2D eigenvalue weighted by Gasteiger charge is -2.38. The highest BCUT2D eigenvalue weighted by molar-refractivity contribution is 7.88. The first kappa shape index (κ1) is 21.5. The topological polar surface area (TPSA) is 100 Å². The number of nitrogens with one attached hydrogen (secondary N) is 1. The lowest BCUT2D eigenvalue weighted by Crippen LogP contribution is -2.44. The maximum atomic E-state index is 11.9. The van der Waals surface area contributed by atoms with Gasteiger partial charge in [-0.3, -0.25) is 9.36 Å². The van der Waals surface area contributed by atoms with Crippen molar-refractivity contribution in [3.8, 4) is 0 Å². The molecule has 0 aromatic carbocycles. The number of fused-ring (bicyclic) bond motifs is 1. The summed E-state index contributed by atoms with van der Waals surface area (Å²) in [6, 6.07) is 0.413. The maximum absolute atomic E-state index is 11.9. The molecule has 0 bridgehead atoms. The van der Waals surface area contributed by atoms with Crippen molar-refractivity contribution in [2.45, 2.75) is 76.9 Å². The third-order valence-corrected chi connectivity index (χ3v) is 8.31. The van der Waals surface area contributed by atoms with Gasteiger partial charge in [0.15, 0.2) is 5.82 Å². The van der Waals surface area contributed by atoms with Crippen LogP contribution in [0.1, 0.15) is 70.2 Å². The molecule has 3 heterocycles. The average Bonchev–Trinajstić information content (AvgIpc) is 3.43. The zero-order chi connectivity index (χ0) is 21.3. The highest BCUT2D eigenvalue weighted by atomic mass is 32.2. The number of rotatable bonds is 8. The van der Waals surface area contributed by atoms with Gasteiger partial charge < -0.3 is 10.2 Å². The van der Waals surface area contributed by atoms with E-state index in [0.29, 0.717) is 38.5 Å². The Morgan fingerprint density at radius 1 is 1.17 bits per heavy atom. The van der Waals surface area contributed by atoms with E-state index in [1.807, 2.05) is 6.92 Å². The zero-order valence-electron chi connectivity index (χ0n) is 18.1. The minimum Gasteiger partial charge on any atom is -0.346 e. The summed E-state index contributed by atoms with van der Waals surface area (Å²) >= 11 is 0. The molecular weight excluding hydrogens is 404 g/mol. The molecule has 30 heavy (non-hydrogen) atoms. The number of hydrogen-bond acceptors (Lipinski definition) is 6. The Hall–Kier alpha value is -1.68. The van der Waals surface area contributed by atoms with Crippen molar-refractivity contribution in [2.75, 3.05) is 30.8 Å². The van der Waals surface area contributed by atoms with Crippen LogP contribution in [0.25, 0.3) is 0 Å². The summed E-state index contributed by atoms with van der Waals surface area (Å²) in [7, 11) is -3.21. The van der Waals surface area contributed by atoms with Crippen molar-refractivity contribution in [1.29, 1.82) is 0 Å². The van der Waals surface area contributed by atoms with Crippen molar-refractivity contribution in [3.05, 3.63) is 5.82 Å². The van der Waals surface area contributed by atoms with Crippen LogP contribution in [0.15, 0.2) is 0 Å². The molecule has 1 aromatic heterocycles. The second-order valence-corrected chi connectivity index (χ2v) is 10.9. The molecule has 168 valence electrons. The summed E-state index contributed by atoms with van der Waals surface area (Å²) < 4.78 is 27.5. The van der Waals surface area contributed by atoms with E-state index in [4.69, 9.17) is 0 Å². The third-order valence-electron chi connectivity index (χ3n) is 6.93. The average molecular weight is 439 g/mol. The van der Waals surface area contributed by atoms with Crippen molar-refractivity contribution >= 4 is 21.9 Å². The van der Waals surface area contributed by atoms with E-state index in [0.717, 1.165) is 30.7 Å². The van der Waals surface area contributed by atoms with Gasteiger partial charge in [0.05, 0.1) is 12.3 Å². The van der Waals surface area contributed by atoms with Crippen LogP contribution in [0.2, 0.25) is 0 Å². The summed E-state index contributed by atoms with van der Waals surface area (Å²) in [6.07, 6.45) is 9.40. The Bertz CT molecular complexity index is 870. The first-order valence-corrected chi connectivity index (χ1v) is 13.2. The number of carbonyl (C=O) groups is 1. The maximum Gasteiger partial charge on any atom is 0.227 e. The van der Waals surface area contributed by atoms with Crippen LogP contribution in [0.5, 0.6) is 0 Å². The molecular formula is C20H34N6O3S. The normalized spacial score (nSPS) is 27.0. The molecule has 3 aliphatic rings. The quantitative estimate of drug-likeness (QED) is 0.663. The molecule has 10 heteroatoms. The van der Waals surface area contributed by atoms with E-state index >= 15 is 0 Å². The summed E-state index contributed by atoms with van der Waals surface area (Å²) in [5.74, 6) is 2.49. The number of amides is 1. The number of sulfonamides is 1. The van der Waals surface area contributed by atoms with Crippen molar-refractivity contribution < 1.29 is 13.2 Å². The lowest BCUT2D eigenvalue weighted by atomic mass is 9.92. The van der Waals surface area contributed by atoms with E-state index in [1.165, 1.54) is 42.7 Å². The Balaban J connectivity index is 1.57. The summed E-state index contributed by atoms with van der Waals surface area (Å²) in [5.41, 5.74) is 0. The van der Waals surface area contributed by atoms with Gasteiger partial charge in [-0.05, 0) is 44.4 Å². The molecule has 3 atom stereocenters. The second-order valence-electron chi connectivity index (χ2n) is 8.87. The van der Waals surface area contributed by atoms with Crippen molar-refractivity contribution in [1.82, 2.24) is 24.4 Å². The van der Waals surface area contributed by atoms with Gasteiger partial charge in [-0.25, -0.2) is 12.7 Å². The molecule has 1 aromatic rings. The van der Waals surface area contributed by atoms with E-state index in [2.05, 4.69) is 25.0 Å². The predicted molar refractivity (Wildman–Crippen MR) is 115 cm³/mol. The summed E-state index contributed by atoms with van der Waals surface area (Å²) in [6.45, 7) is 4.42. The molecule has 1 aliphatic carbocycles. The van der Waals surface area contributed by atoms with Gasteiger partial charge in [-0.2, -0.15) is 0 Å². The molecule has 1 N–H and O–H groups in total. The van der Waals surface area contributed by atoms with Gasteiger partial charge in [0.1, 0.15) is 0 Å². The van der Waals surface area contributed by atoms with E-state index in [-0.39, 0.29) is 11.9 Å². The van der Waals surface area contributed by atoms with E-state index < -0.39 is 10.0 Å². The van der Waals surface area contributed by atoms with E-state index in [9.17, 15) is 13.2 Å². The van der Waals surface area contributed by atoms with Crippen LogP contribution in [0.4, 0.5) is 5.95 Å². The highest BCUT2D eigenvalue weighted by Crippen LogP contribution is 2.39. The molecule has 0 radical (unpaired) electrons. The minimum atomic E-state index is -3.21. The number of anilines is 1. The van der Waals surface area contributed by atoms with Gasteiger partial charge in [-0.15, -0.1) is 10.2 Å². The Morgan fingerprint density at radius 2 is 1.97 bits per heavy atom. The van der Waals surface area contributed by atoms with Crippen LogP contribution in [-0.4, -0.2) is 65.3 Å². The largest absolute Gasteiger partial charge is 0.346 e. The van der Waals surface area contributed by atoms with Gasteiger partial charge in [0.25, 0.3) is 0 Å². The van der Waals surface area contributed by atoms with Crippen LogP contribution in [-0.2, 0) is 21.4 Å². The van der Waals surface area contributed by atoms with Crippen molar-refractivity contribution in [2.24, 2.45) is 5.92 Å². The Labute approximate surface area is 179 Å². The molecule has 3 unspecified atom stereocenters. The summed E-state index contributed by atoms with van der Waals surface area (Å²) in [5, 5.41) is 12.1. The van der Waals surface area contributed by atoms with E-state index in [1.54, 1.807) is 0 Å². The van der Waals surface area contributed by atoms with Crippen LogP contribution in [0.3, 0.4) is 0 Å². The number of carbonyl (C=O) groups excluding carboxylic acids is 1. The van der Waals surface area contributed by atoms with Crippen LogP contribution in [0, 0.1) is 5.92 Å². The Morgan fingerprint density at radius 3 is 2.67 bits per heavy atom. The number of piperidine rings is 1. The lowest BCUT2D eigenvalue weighted by molar-refractivity contribution is -0.119. The van der Waals surface area contributed by atoms with Crippen LogP contribution >= 0.6 is 0 Å². The first-order valence-electron chi connectivity index (χ1n) is 11.3. The number of nitrogens with zero attached hydrogens (tertiary/aromatic N) is 5. The molecule has 2 saturated heterocycles. The monoisotopic (exact) mass is 438 g/mol. The third kappa shape index (κ3) is 4.34. The molecule has 1 amide bonds. The SMILES string of the molecule is CCN(CCCn1c(C2CCC(=O)N2)nnc1N1CCCC2CCCC21)S(C)(=O)=O. The molecule has 0 spiro atoms. The van der Waals surface area contributed by atoms with Gasteiger partial charge in [0.2, 0.25) is 21.9 Å². The molecule has 4 rings (SSSR count). The fourth-order valence-electron chi connectivity index (χ4n) is 5.46. The number of hydrogen-bond donors (Lipinski definition) is 1. The Kier molecular flexibility index (Phi) is 6.34. The molecule has 1 saturated carbocycles. The van der Waals surface area contributed by atoms with Crippen molar-refractivity contribution in [3.63, 3.8) is 0 Å². The van der Waals surface area contributed by atoms with Gasteiger partial charge >= 0.3 is 0 Å². The molecule has 9 nitrogen and oxygen atoms in total. The highest BCUT2D eigenvalue weighted by Gasteiger charge is 2.38. The van der Waals surface area contributed by atoms with Crippen LogP contribution < -0.4 is 10.2 Å².